The molecule has 2 aliphatic heterocycles. The molecule has 2 fully saturated rings. The number of imidazole rings is 1. The monoisotopic (exact) mass is 383 g/mol. The van der Waals surface area contributed by atoms with Crippen molar-refractivity contribution in [2.45, 2.75) is 51.7 Å². The van der Waals surface area contributed by atoms with Gasteiger partial charge in [0.05, 0.1) is 17.6 Å². The van der Waals surface area contributed by atoms with Crippen molar-refractivity contribution in [3.63, 3.8) is 0 Å². The highest BCUT2D eigenvalue weighted by molar-refractivity contribution is 5.75. The molecule has 154 valence electrons. The van der Waals surface area contributed by atoms with E-state index in [1.165, 1.54) is 63.3 Å². The molecule has 5 nitrogen and oxygen atoms in total. The molecule has 0 amide bonds. The van der Waals surface area contributed by atoms with Gasteiger partial charge in [-0.1, -0.05) is 26.0 Å². The van der Waals surface area contributed by atoms with Crippen LogP contribution in [0, 0.1) is 5.92 Å². The van der Waals surface area contributed by atoms with E-state index in [0.29, 0.717) is 11.5 Å². The third-order valence-electron chi connectivity index (χ3n) is 6.86. The lowest BCUT2D eigenvalue weighted by atomic mass is 9.85. The summed E-state index contributed by atoms with van der Waals surface area (Å²) in [6.45, 7) is 12.6. The van der Waals surface area contributed by atoms with Gasteiger partial charge in [0.15, 0.2) is 0 Å². The molecular weight excluding hydrogens is 346 g/mol. The average molecular weight is 384 g/mol. The number of likely N-dealkylation sites (tertiary alicyclic amines) is 1. The van der Waals surface area contributed by atoms with Crippen LogP contribution >= 0.6 is 0 Å². The summed E-state index contributed by atoms with van der Waals surface area (Å²) in [5.74, 6) is 1.86. The van der Waals surface area contributed by atoms with Gasteiger partial charge in [-0.15, -0.1) is 0 Å². The lowest BCUT2D eigenvalue weighted by Gasteiger charge is -2.47. The number of aromatic nitrogens is 2. The van der Waals surface area contributed by atoms with Crippen LogP contribution in [-0.2, 0) is 13.1 Å². The molecule has 28 heavy (non-hydrogen) atoms. The summed E-state index contributed by atoms with van der Waals surface area (Å²) in [6.07, 6.45) is 3.80. The molecule has 4 rings (SSSR count). The van der Waals surface area contributed by atoms with Crippen LogP contribution in [-0.4, -0.2) is 76.6 Å². The minimum Gasteiger partial charge on any atom is -0.327 e. The van der Waals surface area contributed by atoms with E-state index in [9.17, 15) is 0 Å². The maximum Gasteiger partial charge on any atom is 0.124 e. The second-order valence-corrected chi connectivity index (χ2v) is 9.53. The molecule has 3 heterocycles. The minimum atomic E-state index is 0.331. The van der Waals surface area contributed by atoms with E-state index in [1.807, 2.05) is 0 Å². The smallest absolute Gasteiger partial charge is 0.124 e. The lowest BCUT2D eigenvalue weighted by molar-refractivity contribution is 0.0330. The zero-order chi connectivity index (χ0) is 19.7. The van der Waals surface area contributed by atoms with Gasteiger partial charge in [-0.05, 0) is 77.6 Å². The van der Waals surface area contributed by atoms with E-state index in [1.54, 1.807) is 0 Å². The van der Waals surface area contributed by atoms with Gasteiger partial charge in [0.1, 0.15) is 5.82 Å². The number of rotatable bonds is 4. The predicted octanol–water partition coefficient (Wildman–Crippen LogP) is 3.29. The molecule has 0 unspecified atom stereocenters. The van der Waals surface area contributed by atoms with Crippen molar-refractivity contribution in [2.24, 2.45) is 5.92 Å². The molecule has 0 N–H and O–H groups in total. The van der Waals surface area contributed by atoms with Crippen molar-refractivity contribution in [1.82, 2.24) is 24.3 Å². The first-order valence-corrected chi connectivity index (χ1v) is 11.0. The van der Waals surface area contributed by atoms with Crippen molar-refractivity contribution in [2.75, 3.05) is 46.8 Å². The average Bonchev–Trinajstić information content (AvgIpc) is 2.92. The zero-order valence-corrected chi connectivity index (χ0v) is 18.2. The van der Waals surface area contributed by atoms with Crippen LogP contribution in [0.1, 0.15) is 38.9 Å². The molecule has 2 saturated heterocycles. The van der Waals surface area contributed by atoms with Gasteiger partial charge in [-0.25, -0.2) is 4.98 Å². The summed E-state index contributed by atoms with van der Waals surface area (Å²) in [5.41, 5.74) is 2.75. The van der Waals surface area contributed by atoms with Gasteiger partial charge < -0.3 is 9.47 Å². The number of hydrogen-bond donors (Lipinski definition) is 0. The molecule has 0 saturated carbocycles. The summed E-state index contributed by atoms with van der Waals surface area (Å²) in [7, 11) is 4.61. The lowest BCUT2D eigenvalue weighted by Crippen LogP contribution is -2.57. The first-order chi connectivity index (χ1) is 13.5. The number of benzene rings is 1. The van der Waals surface area contributed by atoms with Gasteiger partial charge in [-0.3, -0.25) is 9.80 Å². The van der Waals surface area contributed by atoms with Crippen LogP contribution in [0.25, 0.3) is 11.0 Å². The van der Waals surface area contributed by atoms with Crippen molar-refractivity contribution >= 4 is 11.0 Å². The summed E-state index contributed by atoms with van der Waals surface area (Å²) < 4.78 is 2.47. The first-order valence-electron chi connectivity index (χ1n) is 11.0. The number of hydrogen-bond acceptors (Lipinski definition) is 4. The number of fused-ring (bicyclic) bond motifs is 1. The maximum atomic E-state index is 5.05. The summed E-state index contributed by atoms with van der Waals surface area (Å²) in [6, 6.07) is 8.62. The fraction of sp³-hybridized carbons (Fsp3) is 0.696. The van der Waals surface area contributed by atoms with Gasteiger partial charge in [-0.2, -0.15) is 0 Å². The third-order valence-corrected chi connectivity index (χ3v) is 6.86. The maximum absolute atomic E-state index is 5.05. The fourth-order valence-electron chi connectivity index (χ4n) is 5.11. The van der Waals surface area contributed by atoms with Gasteiger partial charge in [0.2, 0.25) is 0 Å². The topological polar surface area (TPSA) is 27.5 Å². The third kappa shape index (κ3) is 3.98. The number of likely N-dealkylation sites (N-methyl/N-ethyl adjacent to an activating group) is 1. The number of nitrogens with zero attached hydrogens (tertiary/aromatic N) is 5. The van der Waals surface area contributed by atoms with Gasteiger partial charge in [0.25, 0.3) is 0 Å². The number of para-hydroxylation sites is 2. The molecule has 5 heteroatoms. The van der Waals surface area contributed by atoms with Crippen LogP contribution < -0.4 is 0 Å². The molecule has 0 radical (unpaired) electrons. The molecule has 0 bridgehead atoms. The highest BCUT2D eigenvalue weighted by atomic mass is 15.3. The van der Waals surface area contributed by atoms with Crippen LogP contribution in [0.3, 0.4) is 0 Å². The molecule has 2 aliphatic rings. The zero-order valence-electron chi connectivity index (χ0n) is 18.2. The summed E-state index contributed by atoms with van der Waals surface area (Å²) in [5, 5.41) is 0. The van der Waals surface area contributed by atoms with E-state index >= 15 is 0 Å². The molecule has 2 aromatic rings. The van der Waals surface area contributed by atoms with Crippen LogP contribution in [0.5, 0.6) is 0 Å². The van der Waals surface area contributed by atoms with Gasteiger partial charge in [0, 0.05) is 18.6 Å². The molecule has 1 spiro atoms. The Morgan fingerprint density at radius 1 is 1.04 bits per heavy atom. The quantitative estimate of drug-likeness (QED) is 0.810. The Kier molecular flexibility index (Phi) is 5.77. The Morgan fingerprint density at radius 3 is 2.54 bits per heavy atom. The Morgan fingerprint density at radius 2 is 1.79 bits per heavy atom. The van der Waals surface area contributed by atoms with E-state index in [-0.39, 0.29) is 0 Å². The van der Waals surface area contributed by atoms with E-state index in [4.69, 9.17) is 4.98 Å². The second-order valence-electron chi connectivity index (χ2n) is 9.53. The van der Waals surface area contributed by atoms with Crippen LogP contribution in [0.15, 0.2) is 24.3 Å². The first kappa shape index (κ1) is 19.9. The summed E-state index contributed by atoms with van der Waals surface area (Å²) in [4.78, 5) is 12.9. The largest absolute Gasteiger partial charge is 0.327 e. The van der Waals surface area contributed by atoms with Crippen LogP contribution in [0.4, 0.5) is 0 Å². The van der Waals surface area contributed by atoms with Crippen molar-refractivity contribution in [3.05, 3.63) is 30.1 Å². The van der Waals surface area contributed by atoms with Crippen molar-refractivity contribution in [1.29, 1.82) is 0 Å². The van der Waals surface area contributed by atoms with E-state index in [2.05, 4.69) is 71.5 Å². The highest BCUT2D eigenvalue weighted by Gasteiger charge is 2.40. The van der Waals surface area contributed by atoms with Crippen LogP contribution in [0.2, 0.25) is 0 Å². The SMILES string of the molecule is CC(C)Cn1c(CN2CCCN(C)C3(CCN(C)CC3)C2)nc2ccccc21. The van der Waals surface area contributed by atoms with Gasteiger partial charge >= 0.3 is 0 Å². The standard InChI is InChI=1S/C23H37N5/c1-19(2)16-28-21-9-6-5-8-20(21)24-22(28)17-27-13-7-12-26(4)23(18-27)10-14-25(3)15-11-23/h5-6,8-9,19H,7,10-18H2,1-4H3. The minimum absolute atomic E-state index is 0.331. The molecule has 1 aromatic carbocycles. The molecule has 0 aliphatic carbocycles. The fourth-order valence-corrected chi connectivity index (χ4v) is 5.11. The Hall–Kier alpha value is -1.43. The van der Waals surface area contributed by atoms with E-state index < -0.39 is 0 Å². The predicted molar refractivity (Wildman–Crippen MR) is 117 cm³/mol. The Bertz CT molecular complexity index is 787. The summed E-state index contributed by atoms with van der Waals surface area (Å²) >= 11 is 0. The van der Waals surface area contributed by atoms with Crippen molar-refractivity contribution in [3.8, 4) is 0 Å². The molecule has 1 aromatic heterocycles. The second kappa shape index (κ2) is 8.13. The molecule has 0 atom stereocenters. The normalized spacial score (nSPS) is 22.3. The Balaban J connectivity index is 1.59. The molecular formula is C23H37N5. The highest BCUT2D eigenvalue weighted by Crippen LogP contribution is 2.31. The number of piperidine rings is 1. The Labute approximate surface area is 170 Å². The van der Waals surface area contributed by atoms with E-state index in [0.717, 1.165) is 18.6 Å². The van der Waals surface area contributed by atoms with Crippen molar-refractivity contribution < 1.29 is 0 Å².